The summed E-state index contributed by atoms with van der Waals surface area (Å²) < 4.78 is 38.0. The molecule has 1 aliphatic rings. The van der Waals surface area contributed by atoms with Gasteiger partial charge >= 0.3 is 6.09 Å². The molecule has 0 radical (unpaired) electrons. The van der Waals surface area contributed by atoms with Gasteiger partial charge in [0.2, 0.25) is 10.0 Å². The van der Waals surface area contributed by atoms with Gasteiger partial charge in [-0.3, -0.25) is 4.79 Å². The lowest BCUT2D eigenvalue weighted by atomic mass is 10.1. The summed E-state index contributed by atoms with van der Waals surface area (Å²) in [6.45, 7) is -0.564. The van der Waals surface area contributed by atoms with E-state index in [-0.39, 0.29) is 23.1 Å². The van der Waals surface area contributed by atoms with Gasteiger partial charge in [-0.15, -0.1) is 0 Å². The molecule has 1 heterocycles. The number of halogens is 1. The average Bonchev–Trinajstić information content (AvgIpc) is 3.00. The number of benzene rings is 2. The van der Waals surface area contributed by atoms with Gasteiger partial charge in [0.15, 0.2) is 6.61 Å². The Kier molecular flexibility index (Phi) is 5.87. The van der Waals surface area contributed by atoms with E-state index in [0.29, 0.717) is 11.3 Å². The van der Waals surface area contributed by atoms with E-state index in [2.05, 4.69) is 4.72 Å². The maximum atomic E-state index is 12.9. The molecule has 1 atom stereocenters. The molecule has 2 amide bonds. The lowest BCUT2D eigenvalue weighted by Gasteiger charge is -2.23. The van der Waals surface area contributed by atoms with E-state index in [4.69, 9.17) is 21.1 Å². The molecule has 8 nitrogen and oxygen atoms in total. The van der Waals surface area contributed by atoms with Gasteiger partial charge < -0.3 is 9.47 Å². The zero-order chi connectivity index (χ0) is 20.3. The smallest absolute Gasteiger partial charge is 0.417 e. The number of hydrogen-bond donors (Lipinski definition) is 1. The summed E-state index contributed by atoms with van der Waals surface area (Å²) in [4.78, 5) is 24.5. The molecular weight excluding hydrogens is 408 g/mol. The molecule has 0 bridgehead atoms. The molecule has 0 aliphatic carbocycles. The first-order chi connectivity index (χ1) is 13.3. The van der Waals surface area contributed by atoms with Crippen LogP contribution in [0.4, 0.5) is 4.79 Å². The number of cyclic esters (lactones) is 1. The van der Waals surface area contributed by atoms with Crippen LogP contribution in [0.2, 0.25) is 5.02 Å². The highest BCUT2D eigenvalue weighted by molar-refractivity contribution is 7.89. The second kappa shape index (κ2) is 8.17. The monoisotopic (exact) mass is 424 g/mol. The Bertz CT molecular complexity index is 980. The summed E-state index contributed by atoms with van der Waals surface area (Å²) in [6, 6.07) is 11.8. The second-order valence-electron chi connectivity index (χ2n) is 5.94. The fourth-order valence-electron chi connectivity index (χ4n) is 2.71. The number of rotatable bonds is 7. The Balaban J connectivity index is 1.91. The molecular formula is C18H17ClN2O6S. The van der Waals surface area contributed by atoms with Crippen molar-refractivity contribution in [1.29, 1.82) is 0 Å². The summed E-state index contributed by atoms with van der Waals surface area (Å²) in [6.07, 6.45) is -0.808. The number of carbonyl (C=O) groups is 2. The summed E-state index contributed by atoms with van der Waals surface area (Å²) >= 11 is 6.03. The fraction of sp³-hybridized carbons (Fsp3) is 0.222. The van der Waals surface area contributed by atoms with Crippen molar-refractivity contribution < 1.29 is 27.5 Å². The van der Waals surface area contributed by atoms with Gasteiger partial charge in [0.25, 0.3) is 5.91 Å². The number of imide groups is 1. The van der Waals surface area contributed by atoms with E-state index in [0.717, 1.165) is 4.90 Å². The Morgan fingerprint density at radius 1 is 1.21 bits per heavy atom. The van der Waals surface area contributed by atoms with Crippen LogP contribution in [-0.2, 0) is 19.6 Å². The first-order valence-electron chi connectivity index (χ1n) is 8.20. The van der Waals surface area contributed by atoms with Crippen molar-refractivity contribution in [2.75, 3.05) is 20.3 Å². The lowest BCUT2D eigenvalue weighted by molar-refractivity contribution is -0.126. The van der Waals surface area contributed by atoms with Gasteiger partial charge in [-0.2, -0.15) is 0 Å². The Hall–Kier alpha value is -2.62. The summed E-state index contributed by atoms with van der Waals surface area (Å²) in [7, 11) is -2.59. The molecule has 2 aromatic carbocycles. The van der Waals surface area contributed by atoms with Gasteiger partial charge in [0.05, 0.1) is 29.6 Å². The predicted octanol–water partition coefficient (Wildman–Crippen LogP) is 2.35. The van der Waals surface area contributed by atoms with Crippen LogP contribution in [0.5, 0.6) is 5.75 Å². The minimum Gasteiger partial charge on any atom is -0.495 e. The van der Waals surface area contributed by atoms with Crippen molar-refractivity contribution in [3.63, 3.8) is 0 Å². The molecule has 28 heavy (non-hydrogen) atoms. The molecule has 148 valence electrons. The molecule has 1 saturated heterocycles. The first-order valence-corrected chi connectivity index (χ1v) is 10.1. The van der Waals surface area contributed by atoms with Gasteiger partial charge in [-0.1, -0.05) is 41.9 Å². The van der Waals surface area contributed by atoms with Crippen LogP contribution in [-0.4, -0.2) is 45.6 Å². The third kappa shape index (κ3) is 4.27. The van der Waals surface area contributed by atoms with E-state index < -0.39 is 28.1 Å². The van der Waals surface area contributed by atoms with Gasteiger partial charge in [-0.25, -0.2) is 22.8 Å². The van der Waals surface area contributed by atoms with Crippen LogP contribution in [0.25, 0.3) is 0 Å². The molecule has 1 N–H and O–H groups in total. The molecule has 1 fully saturated rings. The van der Waals surface area contributed by atoms with Gasteiger partial charge in [-0.05, 0) is 23.8 Å². The van der Waals surface area contributed by atoms with Crippen LogP contribution < -0.4 is 9.46 Å². The topological polar surface area (TPSA) is 102 Å². The Morgan fingerprint density at radius 2 is 1.93 bits per heavy atom. The number of nitrogens with one attached hydrogen (secondary N) is 1. The summed E-state index contributed by atoms with van der Waals surface area (Å²) in [5.41, 5.74) is 0.582. The normalized spacial score (nSPS) is 15.4. The molecule has 0 saturated carbocycles. The third-order valence-electron chi connectivity index (χ3n) is 4.14. The largest absolute Gasteiger partial charge is 0.495 e. The number of amides is 2. The van der Waals surface area contributed by atoms with E-state index in [9.17, 15) is 18.0 Å². The number of methoxy groups -OCH3 is 1. The van der Waals surface area contributed by atoms with Crippen molar-refractivity contribution >= 4 is 33.6 Å². The van der Waals surface area contributed by atoms with Gasteiger partial charge in [0, 0.05) is 0 Å². The molecule has 0 spiro atoms. The predicted molar refractivity (Wildman–Crippen MR) is 101 cm³/mol. The molecule has 1 aliphatic heterocycles. The minimum absolute atomic E-state index is 0.0745. The van der Waals surface area contributed by atoms with Crippen LogP contribution in [0.15, 0.2) is 53.4 Å². The maximum absolute atomic E-state index is 12.9. The second-order valence-corrected chi connectivity index (χ2v) is 8.06. The molecule has 2 aromatic rings. The highest BCUT2D eigenvalue weighted by Gasteiger charge is 2.34. The van der Waals surface area contributed by atoms with Crippen molar-refractivity contribution in [1.82, 2.24) is 9.62 Å². The van der Waals surface area contributed by atoms with Crippen molar-refractivity contribution in [3.05, 3.63) is 59.1 Å². The highest BCUT2D eigenvalue weighted by atomic mass is 35.5. The fourth-order valence-corrected chi connectivity index (χ4v) is 4.27. The van der Waals surface area contributed by atoms with E-state index in [1.807, 2.05) is 0 Å². The summed E-state index contributed by atoms with van der Waals surface area (Å²) in [5, 5.41) is 0.139. The zero-order valence-corrected chi connectivity index (χ0v) is 16.4. The third-order valence-corrected chi connectivity index (χ3v) is 5.90. The number of hydrogen-bond acceptors (Lipinski definition) is 6. The van der Waals surface area contributed by atoms with Crippen molar-refractivity contribution in [3.8, 4) is 5.75 Å². The molecule has 1 unspecified atom stereocenters. The van der Waals surface area contributed by atoms with Gasteiger partial charge in [0.1, 0.15) is 5.75 Å². The Labute approximate surface area is 167 Å². The van der Waals surface area contributed by atoms with E-state index in [1.54, 1.807) is 30.3 Å². The van der Waals surface area contributed by atoms with E-state index in [1.165, 1.54) is 25.3 Å². The maximum Gasteiger partial charge on any atom is 0.417 e. The summed E-state index contributed by atoms with van der Waals surface area (Å²) in [5.74, 6) is -0.191. The van der Waals surface area contributed by atoms with E-state index >= 15 is 0 Å². The Morgan fingerprint density at radius 3 is 2.50 bits per heavy atom. The van der Waals surface area contributed by atoms with Crippen molar-refractivity contribution in [2.45, 2.75) is 10.9 Å². The quantitative estimate of drug-likeness (QED) is 0.732. The first kappa shape index (κ1) is 20.1. The zero-order valence-electron chi connectivity index (χ0n) is 14.8. The van der Waals surface area contributed by atoms with Crippen LogP contribution in [0, 0.1) is 0 Å². The number of nitrogens with zero attached hydrogens (tertiary/aromatic N) is 1. The standard InChI is InChI=1S/C18H17ClN2O6S/c1-26-16-8-7-13(9-14(16)19)28(24,25)20-15(12-5-3-2-4-6-12)10-21-17(22)11-27-18(21)23/h2-9,15,20H,10-11H2,1H3. The van der Waals surface area contributed by atoms with Crippen LogP contribution in [0.3, 0.4) is 0 Å². The number of carbonyl (C=O) groups excluding carboxylic acids is 2. The lowest BCUT2D eigenvalue weighted by Crippen LogP contribution is -2.40. The van der Waals surface area contributed by atoms with Crippen LogP contribution >= 0.6 is 11.6 Å². The highest BCUT2D eigenvalue weighted by Crippen LogP contribution is 2.28. The molecule has 10 heteroatoms. The average molecular weight is 425 g/mol. The number of sulfonamides is 1. The van der Waals surface area contributed by atoms with Crippen LogP contribution in [0.1, 0.15) is 11.6 Å². The van der Waals surface area contributed by atoms with Crippen molar-refractivity contribution in [2.24, 2.45) is 0 Å². The minimum atomic E-state index is -4.01. The molecule has 3 rings (SSSR count). The number of ether oxygens (including phenoxy) is 2. The molecule has 0 aromatic heterocycles. The SMILES string of the molecule is COc1ccc(S(=O)(=O)NC(CN2C(=O)COC2=O)c2ccccc2)cc1Cl.